The molecule has 0 aromatic carbocycles. The molecule has 1 fully saturated rings. The Labute approximate surface area is 188 Å². The largest absolute Gasteiger partial charge is 0.480 e. The number of fused-ring (bicyclic) bond motifs is 1. The van der Waals surface area contributed by atoms with Gasteiger partial charge in [-0.15, -0.1) is 0 Å². The Hall–Kier alpha value is -2.82. The van der Waals surface area contributed by atoms with E-state index in [0.29, 0.717) is 47.8 Å². The summed E-state index contributed by atoms with van der Waals surface area (Å²) in [6.45, 7) is 5.78. The first-order valence-corrected chi connectivity index (χ1v) is 10.2. The molecule has 164 valence electrons. The molecule has 31 heavy (non-hydrogen) atoms. The first kappa shape index (κ1) is 21.4. The summed E-state index contributed by atoms with van der Waals surface area (Å²) in [6, 6.07) is 2.72. The lowest BCUT2D eigenvalue weighted by Crippen LogP contribution is -2.54. The van der Waals surface area contributed by atoms with Gasteiger partial charge in [-0.2, -0.15) is 9.61 Å². The number of methoxy groups -OCH3 is 1. The lowest BCUT2D eigenvalue weighted by Gasteiger charge is -2.44. The molecule has 12 heteroatoms. The Balaban J connectivity index is 1.67. The maximum absolute atomic E-state index is 12.7. The molecule has 4 rings (SSSR count). The molecule has 1 aliphatic rings. The summed E-state index contributed by atoms with van der Waals surface area (Å²) >= 11 is 12.2. The van der Waals surface area contributed by atoms with Gasteiger partial charge in [0.05, 0.1) is 43.9 Å². The topological polar surface area (TPSA) is 106 Å². The summed E-state index contributed by atoms with van der Waals surface area (Å²) in [4.78, 5) is 23.3. The fraction of sp³-hybridized carbons (Fsp3) is 0.368. The second kappa shape index (κ2) is 8.37. The minimum Gasteiger partial charge on any atom is -0.480 e. The first-order valence-electron chi connectivity index (χ1n) is 9.46. The lowest BCUT2D eigenvalue weighted by atomic mass is 10.0. The number of morpholine rings is 1. The van der Waals surface area contributed by atoms with Crippen LogP contribution in [0.2, 0.25) is 10.2 Å². The number of halogens is 2. The molecule has 3 aromatic rings. The number of nitrogens with one attached hydrogen (secondary N) is 2. The summed E-state index contributed by atoms with van der Waals surface area (Å²) < 4.78 is 12.3. The second-order valence-corrected chi connectivity index (χ2v) is 8.34. The molecule has 2 N–H and O–H groups in total. The van der Waals surface area contributed by atoms with Crippen molar-refractivity contribution in [2.45, 2.75) is 19.4 Å². The van der Waals surface area contributed by atoms with Crippen LogP contribution in [-0.4, -0.2) is 58.0 Å². The van der Waals surface area contributed by atoms with Gasteiger partial charge in [-0.05, 0) is 19.9 Å². The van der Waals surface area contributed by atoms with Crippen molar-refractivity contribution in [3.63, 3.8) is 0 Å². The average molecular weight is 466 g/mol. The van der Waals surface area contributed by atoms with Crippen molar-refractivity contribution >= 4 is 52.1 Å². The molecule has 0 saturated carbocycles. The summed E-state index contributed by atoms with van der Waals surface area (Å²) in [5.74, 6) is 0.931. The zero-order valence-corrected chi connectivity index (χ0v) is 18.7. The Morgan fingerprint density at radius 1 is 1.23 bits per heavy atom. The van der Waals surface area contributed by atoms with Crippen LogP contribution in [0.4, 0.5) is 22.0 Å². The number of anilines is 3. The molecule has 0 unspecified atom stereocenters. The number of aromatic nitrogens is 4. The molecule has 0 radical (unpaired) electrons. The van der Waals surface area contributed by atoms with Gasteiger partial charge in [0, 0.05) is 12.6 Å². The van der Waals surface area contributed by atoms with Crippen LogP contribution >= 0.6 is 23.2 Å². The van der Waals surface area contributed by atoms with Crippen LogP contribution in [0.1, 0.15) is 13.8 Å². The highest BCUT2D eigenvalue weighted by Gasteiger charge is 2.34. The normalized spacial score (nSPS) is 15.7. The van der Waals surface area contributed by atoms with E-state index >= 15 is 0 Å². The molecule has 0 aliphatic carbocycles. The Bertz CT molecular complexity index is 1140. The van der Waals surface area contributed by atoms with Crippen molar-refractivity contribution in [1.29, 1.82) is 0 Å². The van der Waals surface area contributed by atoms with Crippen LogP contribution in [0, 0.1) is 0 Å². The maximum atomic E-state index is 12.7. The van der Waals surface area contributed by atoms with Crippen molar-refractivity contribution in [2.24, 2.45) is 0 Å². The Morgan fingerprint density at radius 3 is 2.74 bits per heavy atom. The van der Waals surface area contributed by atoms with Crippen LogP contribution in [0.15, 0.2) is 24.5 Å². The predicted octanol–water partition coefficient (Wildman–Crippen LogP) is 3.70. The molecule has 1 aliphatic heterocycles. The quantitative estimate of drug-likeness (QED) is 0.604. The van der Waals surface area contributed by atoms with Crippen molar-refractivity contribution in [3.8, 4) is 5.88 Å². The standard InChI is InChI=1S/C19H21Cl2N7O3/c1-19(2)10-31-5-4-27(19)17-13(9-22-15-7-14(21)26-28(15)17)25-18(29)24-11-6-12(20)16(30-3)23-8-11/h6-9H,4-5,10H2,1-3H3,(H2,24,25,29). The van der Waals surface area contributed by atoms with Gasteiger partial charge < -0.3 is 25.0 Å². The number of hydrogen-bond donors (Lipinski definition) is 2. The van der Waals surface area contributed by atoms with E-state index in [1.165, 1.54) is 13.3 Å². The van der Waals surface area contributed by atoms with Gasteiger partial charge in [-0.25, -0.2) is 14.8 Å². The zero-order chi connectivity index (χ0) is 22.2. The minimum absolute atomic E-state index is 0.273. The smallest absolute Gasteiger partial charge is 0.323 e. The van der Waals surface area contributed by atoms with Crippen LogP contribution < -0.4 is 20.3 Å². The number of amides is 2. The Kier molecular flexibility index (Phi) is 5.78. The van der Waals surface area contributed by atoms with E-state index in [-0.39, 0.29) is 16.4 Å². The van der Waals surface area contributed by atoms with E-state index in [1.807, 2.05) is 0 Å². The SMILES string of the molecule is COc1ncc(NC(=O)Nc2cnc3cc(Cl)nn3c2N2CCOCC2(C)C)cc1Cl. The maximum Gasteiger partial charge on any atom is 0.323 e. The number of carbonyl (C=O) groups is 1. The molecule has 3 aromatic heterocycles. The minimum atomic E-state index is -0.491. The molecule has 2 amide bonds. The van der Waals surface area contributed by atoms with E-state index in [1.54, 1.807) is 22.8 Å². The van der Waals surface area contributed by atoms with E-state index in [4.69, 9.17) is 32.7 Å². The van der Waals surface area contributed by atoms with Crippen molar-refractivity contribution in [2.75, 3.05) is 42.4 Å². The second-order valence-electron chi connectivity index (χ2n) is 7.54. The van der Waals surface area contributed by atoms with Gasteiger partial charge >= 0.3 is 6.03 Å². The third-order valence-electron chi connectivity index (χ3n) is 4.84. The summed E-state index contributed by atoms with van der Waals surface area (Å²) in [5.41, 5.74) is 1.10. The Morgan fingerprint density at radius 2 is 2.03 bits per heavy atom. The van der Waals surface area contributed by atoms with Crippen LogP contribution in [0.3, 0.4) is 0 Å². The van der Waals surface area contributed by atoms with E-state index in [0.717, 1.165) is 0 Å². The van der Waals surface area contributed by atoms with E-state index in [9.17, 15) is 4.79 Å². The molecule has 1 saturated heterocycles. The van der Waals surface area contributed by atoms with Gasteiger partial charge in [0.15, 0.2) is 16.6 Å². The molecule has 4 heterocycles. The van der Waals surface area contributed by atoms with Crippen LogP contribution in [0.25, 0.3) is 5.65 Å². The number of nitrogens with zero attached hydrogens (tertiary/aromatic N) is 5. The molecular weight excluding hydrogens is 445 g/mol. The van der Waals surface area contributed by atoms with Gasteiger partial charge in [-0.3, -0.25) is 0 Å². The van der Waals surface area contributed by atoms with Gasteiger partial charge in [0.1, 0.15) is 10.7 Å². The summed E-state index contributed by atoms with van der Waals surface area (Å²) in [6.07, 6.45) is 3.03. The molecule has 0 atom stereocenters. The fourth-order valence-corrected chi connectivity index (χ4v) is 3.84. The number of pyridine rings is 1. The summed E-state index contributed by atoms with van der Waals surface area (Å²) in [5, 5.41) is 10.5. The predicted molar refractivity (Wildman–Crippen MR) is 119 cm³/mol. The third kappa shape index (κ3) is 4.32. The number of rotatable bonds is 4. The molecular formula is C19H21Cl2N7O3. The highest BCUT2D eigenvalue weighted by atomic mass is 35.5. The van der Waals surface area contributed by atoms with E-state index < -0.39 is 6.03 Å². The van der Waals surface area contributed by atoms with Gasteiger partial charge in [0.2, 0.25) is 5.88 Å². The monoisotopic (exact) mass is 465 g/mol. The molecule has 10 nitrogen and oxygen atoms in total. The average Bonchev–Trinajstić information content (AvgIpc) is 3.08. The first-order chi connectivity index (χ1) is 14.8. The lowest BCUT2D eigenvalue weighted by molar-refractivity contribution is 0.0637. The number of hydrogen-bond acceptors (Lipinski definition) is 7. The van der Waals surface area contributed by atoms with E-state index in [2.05, 4.69) is 44.4 Å². The number of ether oxygens (including phenoxy) is 2. The van der Waals surface area contributed by atoms with Crippen molar-refractivity contribution in [1.82, 2.24) is 19.6 Å². The third-order valence-corrected chi connectivity index (χ3v) is 5.29. The number of urea groups is 1. The van der Waals surface area contributed by atoms with Crippen molar-refractivity contribution in [3.05, 3.63) is 34.7 Å². The highest BCUT2D eigenvalue weighted by molar-refractivity contribution is 6.32. The fourth-order valence-electron chi connectivity index (χ4n) is 3.42. The van der Waals surface area contributed by atoms with Crippen molar-refractivity contribution < 1.29 is 14.3 Å². The van der Waals surface area contributed by atoms with Crippen LogP contribution in [-0.2, 0) is 4.74 Å². The molecule has 0 spiro atoms. The molecule has 0 bridgehead atoms. The number of carbonyl (C=O) groups excluding carboxylic acids is 1. The van der Waals surface area contributed by atoms with Crippen LogP contribution in [0.5, 0.6) is 5.88 Å². The summed E-state index contributed by atoms with van der Waals surface area (Å²) in [7, 11) is 1.47. The van der Waals surface area contributed by atoms with Gasteiger partial charge in [-0.1, -0.05) is 23.2 Å². The zero-order valence-electron chi connectivity index (χ0n) is 17.1. The van der Waals surface area contributed by atoms with Gasteiger partial charge in [0.25, 0.3) is 0 Å². The highest BCUT2D eigenvalue weighted by Crippen LogP contribution is 2.34.